The molecule has 0 aliphatic carbocycles. The molecule has 2 rings (SSSR count). The van der Waals surface area contributed by atoms with Crippen LogP contribution in [0, 0.1) is 10.1 Å². The summed E-state index contributed by atoms with van der Waals surface area (Å²) >= 11 is 1.35. The normalized spacial score (nSPS) is 13.9. The van der Waals surface area contributed by atoms with E-state index in [1.165, 1.54) is 36.0 Å². The van der Waals surface area contributed by atoms with Gasteiger partial charge >= 0.3 is 0 Å². The molecule has 18 heavy (non-hydrogen) atoms. The minimum atomic E-state index is -0.486. The van der Waals surface area contributed by atoms with Crippen molar-refractivity contribution in [2.45, 2.75) is 0 Å². The quantitative estimate of drug-likeness (QED) is 0.506. The zero-order valence-corrected chi connectivity index (χ0v) is 10.3. The van der Waals surface area contributed by atoms with Crippen molar-refractivity contribution in [1.29, 1.82) is 0 Å². The second kappa shape index (κ2) is 5.63. The Kier molecular flexibility index (Phi) is 3.93. The average Bonchev–Trinajstić information content (AvgIpc) is 2.89. The van der Waals surface area contributed by atoms with Crippen LogP contribution < -0.4 is 5.32 Å². The number of non-ortho nitro benzene ring substituents is 1. The number of rotatable bonds is 4. The molecule has 0 bridgehead atoms. The number of carbonyl (C=O) groups is 1. The molecule has 0 spiro atoms. The van der Waals surface area contributed by atoms with Gasteiger partial charge in [0.25, 0.3) is 5.69 Å². The molecule has 0 radical (unpaired) electrons. The van der Waals surface area contributed by atoms with Gasteiger partial charge in [-0.05, 0) is 12.1 Å². The molecule has 0 unspecified atom stereocenters. The van der Waals surface area contributed by atoms with Gasteiger partial charge in [0.2, 0.25) is 0 Å². The second-order valence-electron chi connectivity index (χ2n) is 3.63. The number of carbonyl (C=O) groups excluding carboxylic acids is 1. The fourth-order valence-corrected chi connectivity index (χ4v) is 2.28. The molecule has 1 aliphatic rings. The maximum Gasteiger partial charge on any atom is 0.269 e. The number of hydrogen-bond donors (Lipinski definition) is 1. The summed E-state index contributed by atoms with van der Waals surface area (Å²) in [5, 5.41) is 14.3. The van der Waals surface area contributed by atoms with E-state index in [9.17, 15) is 14.9 Å². The van der Waals surface area contributed by atoms with Gasteiger partial charge < -0.3 is 5.32 Å². The highest BCUT2D eigenvalue weighted by atomic mass is 32.2. The van der Waals surface area contributed by atoms with E-state index >= 15 is 0 Å². The molecule has 94 valence electrons. The molecule has 0 aromatic heterocycles. The smallest absolute Gasteiger partial charge is 0.269 e. The molecule has 0 atom stereocenters. The molecule has 1 aromatic rings. The summed E-state index contributed by atoms with van der Waals surface area (Å²) in [6, 6.07) is 5.63. The van der Waals surface area contributed by atoms with Crippen LogP contribution in [0.4, 0.5) is 5.69 Å². The van der Waals surface area contributed by atoms with Crippen LogP contribution in [-0.4, -0.2) is 34.7 Å². The second-order valence-corrected chi connectivity index (χ2v) is 4.59. The van der Waals surface area contributed by atoms with Crippen molar-refractivity contribution in [3.05, 3.63) is 39.9 Å². The van der Waals surface area contributed by atoms with Crippen molar-refractivity contribution in [3.8, 4) is 0 Å². The van der Waals surface area contributed by atoms with Gasteiger partial charge in [-0.15, -0.1) is 0 Å². The SMILES string of the molecule is O=C(CSC1=NCCN1)c1ccc([N+](=O)[O-])cc1. The number of nitro groups is 1. The lowest BCUT2D eigenvalue weighted by atomic mass is 10.1. The van der Waals surface area contributed by atoms with Gasteiger partial charge in [-0.25, -0.2) is 0 Å². The van der Waals surface area contributed by atoms with Crippen molar-refractivity contribution >= 4 is 28.4 Å². The van der Waals surface area contributed by atoms with Crippen molar-refractivity contribution in [2.24, 2.45) is 4.99 Å². The predicted octanol–water partition coefficient (Wildman–Crippen LogP) is 1.47. The monoisotopic (exact) mass is 265 g/mol. The van der Waals surface area contributed by atoms with Gasteiger partial charge in [-0.2, -0.15) is 0 Å². The highest BCUT2D eigenvalue weighted by Gasteiger charge is 2.12. The third-order valence-electron chi connectivity index (χ3n) is 2.38. The number of thioether (sulfide) groups is 1. The molecule has 6 nitrogen and oxygen atoms in total. The molecule has 0 fully saturated rings. The highest BCUT2D eigenvalue weighted by molar-refractivity contribution is 8.14. The Balaban J connectivity index is 1.94. The summed E-state index contributed by atoms with van der Waals surface area (Å²) in [4.78, 5) is 26.0. The zero-order valence-electron chi connectivity index (χ0n) is 9.46. The summed E-state index contributed by atoms with van der Waals surface area (Å²) in [6.45, 7) is 1.56. The summed E-state index contributed by atoms with van der Waals surface area (Å²) in [5.41, 5.74) is 0.465. The lowest BCUT2D eigenvalue weighted by Crippen LogP contribution is -2.17. The number of nitrogens with one attached hydrogen (secondary N) is 1. The minimum Gasteiger partial charge on any atom is -0.363 e. The van der Waals surface area contributed by atoms with Gasteiger partial charge in [0.1, 0.15) is 0 Å². The number of ketones is 1. The van der Waals surface area contributed by atoms with Crippen LogP contribution in [0.15, 0.2) is 29.3 Å². The Bertz CT molecular complexity index is 499. The molecule has 0 saturated carbocycles. The minimum absolute atomic E-state index is 0.0129. The predicted molar refractivity (Wildman–Crippen MR) is 70.2 cm³/mol. The summed E-state index contributed by atoms with van der Waals surface area (Å²) in [5.74, 6) is 0.218. The third-order valence-corrected chi connectivity index (χ3v) is 3.34. The van der Waals surface area contributed by atoms with Crippen LogP contribution in [0.25, 0.3) is 0 Å². The molecule has 1 aromatic carbocycles. The van der Waals surface area contributed by atoms with Gasteiger partial charge in [0.15, 0.2) is 11.0 Å². The molecule has 1 aliphatic heterocycles. The lowest BCUT2D eigenvalue weighted by Gasteiger charge is -2.01. The van der Waals surface area contributed by atoms with Crippen LogP contribution in [-0.2, 0) is 0 Å². The Labute approximate surface area is 108 Å². The van der Waals surface area contributed by atoms with E-state index in [1.807, 2.05) is 0 Å². The number of aliphatic imine (C=N–C) groups is 1. The van der Waals surface area contributed by atoms with Crippen molar-refractivity contribution < 1.29 is 9.72 Å². The summed E-state index contributed by atoms with van der Waals surface area (Å²) < 4.78 is 0. The maximum absolute atomic E-state index is 11.8. The van der Waals surface area contributed by atoms with Crippen LogP contribution in [0.5, 0.6) is 0 Å². The van der Waals surface area contributed by atoms with E-state index in [1.54, 1.807) is 0 Å². The fourth-order valence-electron chi connectivity index (χ4n) is 1.46. The first-order valence-electron chi connectivity index (χ1n) is 5.35. The van der Waals surface area contributed by atoms with E-state index in [-0.39, 0.29) is 17.2 Å². The lowest BCUT2D eigenvalue weighted by molar-refractivity contribution is -0.384. The van der Waals surface area contributed by atoms with Crippen molar-refractivity contribution in [2.75, 3.05) is 18.8 Å². The molecule has 0 amide bonds. The molecular formula is C11H11N3O3S. The van der Waals surface area contributed by atoms with E-state index in [2.05, 4.69) is 10.3 Å². The number of nitro benzene ring substituents is 1. The van der Waals surface area contributed by atoms with Gasteiger partial charge in [-0.1, -0.05) is 11.8 Å². The molecule has 7 heteroatoms. The first-order valence-corrected chi connectivity index (χ1v) is 6.34. The number of amidine groups is 1. The van der Waals surface area contributed by atoms with Crippen LogP contribution in [0.3, 0.4) is 0 Å². The van der Waals surface area contributed by atoms with Gasteiger partial charge in [-0.3, -0.25) is 19.9 Å². The molecule has 1 heterocycles. The van der Waals surface area contributed by atoms with Crippen molar-refractivity contribution in [1.82, 2.24) is 5.32 Å². The van der Waals surface area contributed by atoms with E-state index in [0.717, 1.165) is 18.3 Å². The summed E-state index contributed by atoms with van der Waals surface area (Å²) in [6.07, 6.45) is 0. The number of nitrogens with zero attached hydrogens (tertiary/aromatic N) is 2. The largest absolute Gasteiger partial charge is 0.363 e. The molecule has 0 saturated heterocycles. The molecular weight excluding hydrogens is 254 g/mol. The fraction of sp³-hybridized carbons (Fsp3) is 0.273. The first-order chi connectivity index (χ1) is 8.66. The van der Waals surface area contributed by atoms with Crippen LogP contribution >= 0.6 is 11.8 Å². The Morgan fingerprint density at radius 1 is 1.44 bits per heavy atom. The highest BCUT2D eigenvalue weighted by Crippen LogP contribution is 2.14. The van der Waals surface area contributed by atoms with E-state index in [0.29, 0.717) is 5.56 Å². The molecule has 1 N–H and O–H groups in total. The van der Waals surface area contributed by atoms with Gasteiger partial charge in [0.05, 0.1) is 17.2 Å². The van der Waals surface area contributed by atoms with Crippen molar-refractivity contribution in [3.63, 3.8) is 0 Å². The number of benzene rings is 1. The third kappa shape index (κ3) is 3.07. The van der Waals surface area contributed by atoms with Gasteiger partial charge in [0, 0.05) is 24.2 Å². The Morgan fingerprint density at radius 2 is 2.17 bits per heavy atom. The standard InChI is InChI=1S/C11H11N3O3S/c15-10(7-18-11-12-5-6-13-11)8-1-3-9(4-2-8)14(16)17/h1-4H,5-7H2,(H,12,13). The number of hydrogen-bond acceptors (Lipinski definition) is 6. The first kappa shape index (κ1) is 12.6. The Hall–Kier alpha value is -1.89. The number of Topliss-reactive ketones (excluding diaryl/α,β-unsaturated/α-hetero) is 1. The van der Waals surface area contributed by atoms with E-state index < -0.39 is 4.92 Å². The zero-order chi connectivity index (χ0) is 13.0. The van der Waals surface area contributed by atoms with Crippen LogP contribution in [0.1, 0.15) is 10.4 Å². The van der Waals surface area contributed by atoms with E-state index in [4.69, 9.17) is 0 Å². The maximum atomic E-state index is 11.8. The Morgan fingerprint density at radius 3 is 2.72 bits per heavy atom. The van der Waals surface area contributed by atoms with Crippen LogP contribution in [0.2, 0.25) is 0 Å². The topological polar surface area (TPSA) is 84.6 Å². The average molecular weight is 265 g/mol. The summed E-state index contributed by atoms with van der Waals surface area (Å²) in [7, 11) is 0.